The minimum absolute atomic E-state index is 0.816. The predicted molar refractivity (Wildman–Crippen MR) is 96.6 cm³/mol. The summed E-state index contributed by atoms with van der Waals surface area (Å²) in [6.45, 7) is 12.0. The SMILES string of the molecule is C=Cc1[nH]c2nc3c(nc2c1/C=C\C)=CC=C(C)CC=3.CC. The van der Waals surface area contributed by atoms with Crippen LogP contribution in [0.1, 0.15) is 45.4 Å². The molecular formula is C19H23N3. The number of rotatable bonds is 2. The van der Waals surface area contributed by atoms with E-state index in [-0.39, 0.29) is 0 Å². The molecule has 0 saturated heterocycles. The molecule has 0 bridgehead atoms. The van der Waals surface area contributed by atoms with Gasteiger partial charge in [0.1, 0.15) is 5.52 Å². The summed E-state index contributed by atoms with van der Waals surface area (Å²) < 4.78 is 0. The van der Waals surface area contributed by atoms with Gasteiger partial charge in [0.2, 0.25) is 0 Å². The Labute approximate surface area is 131 Å². The molecule has 0 spiro atoms. The fraction of sp³-hybridized carbons (Fsp3) is 0.263. The number of aromatic nitrogens is 3. The van der Waals surface area contributed by atoms with Gasteiger partial charge >= 0.3 is 0 Å². The summed E-state index contributed by atoms with van der Waals surface area (Å²) in [6, 6.07) is 0. The van der Waals surface area contributed by atoms with E-state index in [1.165, 1.54) is 5.57 Å². The molecule has 2 aromatic rings. The summed E-state index contributed by atoms with van der Waals surface area (Å²) in [5.41, 5.74) is 5.04. The lowest BCUT2D eigenvalue weighted by molar-refractivity contribution is 1.14. The van der Waals surface area contributed by atoms with Gasteiger partial charge in [-0.3, -0.25) is 0 Å². The van der Waals surface area contributed by atoms with Crippen LogP contribution in [0.3, 0.4) is 0 Å². The van der Waals surface area contributed by atoms with Gasteiger partial charge in [0.05, 0.1) is 10.7 Å². The van der Waals surface area contributed by atoms with Gasteiger partial charge in [-0.2, -0.15) is 0 Å². The van der Waals surface area contributed by atoms with E-state index in [1.807, 2.05) is 39.0 Å². The van der Waals surface area contributed by atoms with E-state index in [0.29, 0.717) is 0 Å². The smallest absolute Gasteiger partial charge is 0.157 e. The van der Waals surface area contributed by atoms with Crippen LogP contribution in [0.5, 0.6) is 0 Å². The van der Waals surface area contributed by atoms with Crippen molar-refractivity contribution in [1.82, 2.24) is 15.0 Å². The first-order chi connectivity index (χ1) is 10.7. The molecule has 0 atom stereocenters. The van der Waals surface area contributed by atoms with E-state index >= 15 is 0 Å². The lowest BCUT2D eigenvalue weighted by Gasteiger charge is -1.93. The Kier molecular flexibility index (Phi) is 5.10. The molecule has 3 rings (SSSR count). The van der Waals surface area contributed by atoms with Gasteiger partial charge in [0.15, 0.2) is 5.65 Å². The number of fused-ring (bicyclic) bond motifs is 2. The zero-order chi connectivity index (χ0) is 16.1. The van der Waals surface area contributed by atoms with Crippen LogP contribution in [0, 0.1) is 0 Å². The first kappa shape index (κ1) is 16.0. The van der Waals surface area contributed by atoms with Crippen molar-refractivity contribution in [2.45, 2.75) is 34.1 Å². The first-order valence-electron chi connectivity index (χ1n) is 7.75. The topological polar surface area (TPSA) is 41.6 Å². The summed E-state index contributed by atoms with van der Waals surface area (Å²) in [7, 11) is 0. The summed E-state index contributed by atoms with van der Waals surface area (Å²) in [5.74, 6) is 0. The Morgan fingerprint density at radius 3 is 2.64 bits per heavy atom. The van der Waals surface area contributed by atoms with Crippen LogP contribution in [0.2, 0.25) is 0 Å². The fourth-order valence-electron chi connectivity index (χ4n) is 2.37. The summed E-state index contributed by atoms with van der Waals surface area (Å²) in [6.07, 6.45) is 13.0. The van der Waals surface area contributed by atoms with Gasteiger partial charge < -0.3 is 4.98 Å². The maximum absolute atomic E-state index is 4.77. The Morgan fingerprint density at radius 1 is 1.18 bits per heavy atom. The van der Waals surface area contributed by atoms with Crippen molar-refractivity contribution in [2.75, 3.05) is 0 Å². The van der Waals surface area contributed by atoms with E-state index in [4.69, 9.17) is 9.97 Å². The molecule has 3 nitrogen and oxygen atoms in total. The van der Waals surface area contributed by atoms with E-state index in [9.17, 15) is 0 Å². The minimum atomic E-state index is 0.816. The van der Waals surface area contributed by atoms with E-state index in [1.54, 1.807) is 6.08 Å². The maximum atomic E-state index is 4.77. The standard InChI is InChI=1S/C17H17N3.C2H6/c1-4-6-12-13(5-2)19-17-16(12)18-14-9-7-11(3)8-10-15(14)20-17;1-2/h4-7,9-10H,2,8H2,1,3H3,(H,19,20);1-2H3/b6-4-;. The first-order valence-corrected chi connectivity index (χ1v) is 7.75. The summed E-state index contributed by atoms with van der Waals surface area (Å²) in [5, 5.41) is 1.87. The van der Waals surface area contributed by atoms with Crippen molar-refractivity contribution in [2.24, 2.45) is 0 Å². The second kappa shape index (κ2) is 7.03. The van der Waals surface area contributed by atoms with Crippen molar-refractivity contribution in [3.8, 4) is 0 Å². The third-order valence-corrected chi connectivity index (χ3v) is 3.43. The van der Waals surface area contributed by atoms with Gasteiger partial charge in [0.25, 0.3) is 0 Å². The molecule has 1 aliphatic carbocycles. The van der Waals surface area contributed by atoms with Gasteiger partial charge in [-0.25, -0.2) is 9.97 Å². The monoisotopic (exact) mass is 293 g/mol. The minimum Gasteiger partial charge on any atom is -0.338 e. The third-order valence-electron chi connectivity index (χ3n) is 3.43. The molecule has 2 aromatic heterocycles. The van der Waals surface area contributed by atoms with E-state index in [0.717, 1.165) is 39.5 Å². The van der Waals surface area contributed by atoms with Crippen LogP contribution in [-0.2, 0) is 0 Å². The third kappa shape index (κ3) is 2.93. The van der Waals surface area contributed by atoms with Crippen LogP contribution in [-0.4, -0.2) is 15.0 Å². The largest absolute Gasteiger partial charge is 0.338 e. The Hall–Kier alpha value is -2.42. The molecule has 22 heavy (non-hydrogen) atoms. The number of nitrogens with zero attached hydrogens (tertiary/aromatic N) is 2. The predicted octanol–water partition coefficient (Wildman–Crippen LogP) is 3.57. The van der Waals surface area contributed by atoms with Crippen LogP contribution in [0.25, 0.3) is 35.5 Å². The second-order valence-electron chi connectivity index (χ2n) is 4.94. The fourth-order valence-corrected chi connectivity index (χ4v) is 2.37. The molecule has 0 unspecified atom stereocenters. The Bertz CT molecular complexity index is 864. The molecule has 1 N–H and O–H groups in total. The van der Waals surface area contributed by atoms with Crippen LogP contribution in [0.15, 0.2) is 24.3 Å². The van der Waals surface area contributed by atoms with Crippen LogP contribution in [0.4, 0.5) is 0 Å². The molecule has 1 aliphatic rings. The molecule has 0 aliphatic heterocycles. The molecule has 0 saturated carbocycles. The Balaban J connectivity index is 0.000000847. The number of aromatic amines is 1. The Morgan fingerprint density at radius 2 is 1.95 bits per heavy atom. The van der Waals surface area contributed by atoms with Gasteiger partial charge in [-0.05, 0) is 32.4 Å². The molecule has 0 amide bonds. The highest BCUT2D eigenvalue weighted by Crippen LogP contribution is 2.20. The lowest BCUT2D eigenvalue weighted by atomic mass is 10.2. The molecule has 0 aromatic carbocycles. The average Bonchev–Trinajstić information content (AvgIpc) is 2.78. The zero-order valence-corrected chi connectivity index (χ0v) is 13.8. The van der Waals surface area contributed by atoms with Crippen molar-refractivity contribution >= 4 is 35.5 Å². The summed E-state index contributed by atoms with van der Waals surface area (Å²) in [4.78, 5) is 12.8. The molecule has 0 radical (unpaired) electrons. The van der Waals surface area contributed by atoms with Crippen molar-refractivity contribution in [3.63, 3.8) is 0 Å². The average molecular weight is 293 g/mol. The summed E-state index contributed by atoms with van der Waals surface area (Å²) >= 11 is 0. The molecule has 0 fully saturated rings. The molecular weight excluding hydrogens is 270 g/mol. The van der Waals surface area contributed by atoms with E-state index in [2.05, 4.69) is 30.6 Å². The number of nitrogens with one attached hydrogen (secondary N) is 1. The van der Waals surface area contributed by atoms with Crippen molar-refractivity contribution < 1.29 is 0 Å². The highest BCUT2D eigenvalue weighted by molar-refractivity contribution is 5.87. The number of allylic oxidation sites excluding steroid dienone is 3. The number of hydrogen-bond donors (Lipinski definition) is 1. The van der Waals surface area contributed by atoms with Gasteiger partial charge in [0, 0.05) is 11.3 Å². The highest BCUT2D eigenvalue weighted by atomic mass is 14.9. The van der Waals surface area contributed by atoms with Crippen molar-refractivity contribution in [1.29, 1.82) is 0 Å². The van der Waals surface area contributed by atoms with Gasteiger partial charge in [-0.15, -0.1) is 0 Å². The van der Waals surface area contributed by atoms with E-state index < -0.39 is 0 Å². The normalized spacial score (nSPS) is 13.4. The molecule has 3 heteroatoms. The van der Waals surface area contributed by atoms with Crippen LogP contribution >= 0.6 is 0 Å². The lowest BCUT2D eigenvalue weighted by Crippen LogP contribution is -2.30. The number of H-pyrrole nitrogens is 1. The van der Waals surface area contributed by atoms with Crippen LogP contribution < -0.4 is 10.7 Å². The zero-order valence-electron chi connectivity index (χ0n) is 13.8. The highest BCUT2D eigenvalue weighted by Gasteiger charge is 2.10. The van der Waals surface area contributed by atoms with Gasteiger partial charge in [-0.1, -0.05) is 50.3 Å². The molecule has 114 valence electrons. The second-order valence-corrected chi connectivity index (χ2v) is 4.94. The van der Waals surface area contributed by atoms with Crippen molar-refractivity contribution in [3.05, 3.63) is 46.3 Å². The quantitative estimate of drug-likeness (QED) is 0.919. The molecule has 2 heterocycles. The number of hydrogen-bond acceptors (Lipinski definition) is 2. The maximum Gasteiger partial charge on any atom is 0.157 e.